The first kappa shape index (κ1) is 22.5. The van der Waals surface area contributed by atoms with Gasteiger partial charge in [0.05, 0.1) is 18.2 Å². The molecule has 1 amide bonds. The van der Waals surface area contributed by atoms with Gasteiger partial charge in [-0.3, -0.25) is 9.59 Å². The van der Waals surface area contributed by atoms with Crippen molar-refractivity contribution in [2.45, 2.75) is 40.2 Å². The second-order valence-electron chi connectivity index (χ2n) is 8.20. The monoisotopic (exact) mass is 425 g/mol. The van der Waals surface area contributed by atoms with E-state index < -0.39 is 23.5 Å². The average molecular weight is 426 g/mol. The summed E-state index contributed by atoms with van der Waals surface area (Å²) in [6.07, 6.45) is 0.596. The molecule has 0 bridgehead atoms. The van der Waals surface area contributed by atoms with Crippen molar-refractivity contribution in [1.29, 1.82) is 0 Å². The van der Waals surface area contributed by atoms with Gasteiger partial charge in [0.25, 0.3) is 11.7 Å². The molecule has 164 valence electrons. The predicted molar refractivity (Wildman–Crippen MR) is 117 cm³/mol. The minimum absolute atomic E-state index is 0.0983. The van der Waals surface area contributed by atoms with Gasteiger partial charge in [-0.25, -0.2) is 4.39 Å². The van der Waals surface area contributed by atoms with E-state index in [9.17, 15) is 19.1 Å². The van der Waals surface area contributed by atoms with Gasteiger partial charge in [0.2, 0.25) is 0 Å². The Kier molecular flexibility index (Phi) is 6.78. The lowest BCUT2D eigenvalue weighted by Crippen LogP contribution is -2.30. The number of hydrogen-bond donors (Lipinski definition) is 1. The van der Waals surface area contributed by atoms with Crippen molar-refractivity contribution in [1.82, 2.24) is 4.90 Å². The smallest absolute Gasteiger partial charge is 0.295 e. The molecule has 2 aromatic rings. The number of halogens is 1. The fraction of sp³-hybridized carbons (Fsp3) is 0.360. The van der Waals surface area contributed by atoms with E-state index in [0.29, 0.717) is 30.3 Å². The van der Waals surface area contributed by atoms with Crippen LogP contribution in [0.15, 0.2) is 48.0 Å². The van der Waals surface area contributed by atoms with Crippen molar-refractivity contribution in [3.8, 4) is 5.75 Å². The van der Waals surface area contributed by atoms with E-state index in [1.54, 1.807) is 30.3 Å². The van der Waals surface area contributed by atoms with Crippen molar-refractivity contribution < 1.29 is 23.8 Å². The van der Waals surface area contributed by atoms with Crippen LogP contribution in [0.25, 0.3) is 5.76 Å². The van der Waals surface area contributed by atoms with Crippen LogP contribution in [0.1, 0.15) is 49.9 Å². The molecule has 0 aliphatic carbocycles. The molecule has 1 aliphatic heterocycles. The molecule has 1 N–H and O–H groups in total. The van der Waals surface area contributed by atoms with Gasteiger partial charge in [-0.1, -0.05) is 39.0 Å². The van der Waals surface area contributed by atoms with E-state index in [1.807, 2.05) is 27.7 Å². The van der Waals surface area contributed by atoms with Gasteiger partial charge in [-0.15, -0.1) is 0 Å². The van der Waals surface area contributed by atoms with Crippen molar-refractivity contribution in [3.63, 3.8) is 0 Å². The summed E-state index contributed by atoms with van der Waals surface area (Å²) in [7, 11) is 0. The molecule has 31 heavy (non-hydrogen) atoms. The quantitative estimate of drug-likeness (QED) is 0.385. The second-order valence-corrected chi connectivity index (χ2v) is 8.20. The number of aliphatic hydroxyl groups is 1. The number of benzene rings is 2. The number of amides is 1. The van der Waals surface area contributed by atoms with Crippen LogP contribution in [0.4, 0.5) is 4.39 Å². The number of carbonyl (C=O) groups excluding carboxylic acids is 2. The van der Waals surface area contributed by atoms with Crippen LogP contribution < -0.4 is 4.74 Å². The lowest BCUT2D eigenvalue weighted by Gasteiger charge is -2.25. The number of nitrogens with zero attached hydrogens (tertiary/aromatic N) is 1. The normalized spacial score (nSPS) is 18.1. The highest BCUT2D eigenvalue weighted by molar-refractivity contribution is 6.46. The Hall–Kier alpha value is -3.15. The lowest BCUT2D eigenvalue weighted by atomic mass is 9.94. The number of aliphatic hydroxyl groups excluding tert-OH is 1. The summed E-state index contributed by atoms with van der Waals surface area (Å²) in [5, 5.41) is 11.1. The Labute approximate surface area is 182 Å². The Morgan fingerprint density at radius 1 is 1.19 bits per heavy atom. The minimum Gasteiger partial charge on any atom is -0.507 e. The van der Waals surface area contributed by atoms with E-state index in [2.05, 4.69) is 0 Å². The summed E-state index contributed by atoms with van der Waals surface area (Å²) in [5.74, 6) is -1.34. The van der Waals surface area contributed by atoms with Crippen LogP contribution in [0.2, 0.25) is 0 Å². The molecule has 6 heteroatoms. The number of rotatable bonds is 7. The zero-order chi connectivity index (χ0) is 22.7. The highest BCUT2D eigenvalue weighted by Gasteiger charge is 2.46. The summed E-state index contributed by atoms with van der Waals surface area (Å²) in [6, 6.07) is 10.1. The molecule has 3 rings (SSSR count). The maximum atomic E-state index is 14.6. The van der Waals surface area contributed by atoms with E-state index in [0.717, 1.165) is 5.56 Å². The van der Waals surface area contributed by atoms with E-state index in [1.165, 1.54) is 17.0 Å². The van der Waals surface area contributed by atoms with Crippen molar-refractivity contribution in [2.75, 3.05) is 13.2 Å². The molecule has 0 radical (unpaired) electrons. The third kappa shape index (κ3) is 4.48. The lowest BCUT2D eigenvalue weighted by molar-refractivity contribution is -0.139. The van der Waals surface area contributed by atoms with Crippen molar-refractivity contribution in [2.24, 2.45) is 5.92 Å². The summed E-state index contributed by atoms with van der Waals surface area (Å²) in [6.45, 7) is 8.65. The molecule has 0 spiro atoms. The van der Waals surface area contributed by atoms with E-state index in [4.69, 9.17) is 4.74 Å². The van der Waals surface area contributed by atoms with Gasteiger partial charge < -0.3 is 14.7 Å². The zero-order valence-corrected chi connectivity index (χ0v) is 18.3. The molecule has 1 atom stereocenters. The van der Waals surface area contributed by atoms with Crippen LogP contribution in [0.5, 0.6) is 5.75 Å². The molecule has 2 aromatic carbocycles. The number of ether oxygens (including phenoxy) is 1. The van der Waals surface area contributed by atoms with Gasteiger partial charge in [0.15, 0.2) is 0 Å². The van der Waals surface area contributed by atoms with Crippen molar-refractivity contribution in [3.05, 3.63) is 70.5 Å². The molecule has 0 saturated carbocycles. The molecular formula is C25H28FNO4. The average Bonchev–Trinajstić information content (AvgIpc) is 2.97. The number of ketones is 1. The SMILES string of the molecule is CCCN1C(=O)C(=O)/C(=C(/O)c2ccc(OCC(C)C)c(C)c2)C1c1ccccc1F. The number of carbonyl (C=O) groups is 2. The fourth-order valence-corrected chi connectivity index (χ4v) is 3.74. The van der Waals surface area contributed by atoms with Crippen LogP contribution in [0, 0.1) is 18.7 Å². The summed E-state index contributed by atoms with van der Waals surface area (Å²) >= 11 is 0. The van der Waals surface area contributed by atoms with Gasteiger partial charge in [-0.2, -0.15) is 0 Å². The van der Waals surface area contributed by atoms with E-state index >= 15 is 0 Å². The third-order valence-corrected chi connectivity index (χ3v) is 5.22. The number of aryl methyl sites for hydroxylation is 1. The van der Waals surface area contributed by atoms with Crippen LogP contribution >= 0.6 is 0 Å². The first-order valence-electron chi connectivity index (χ1n) is 10.5. The van der Waals surface area contributed by atoms with Gasteiger partial charge in [-0.05, 0) is 49.1 Å². The molecule has 1 unspecified atom stereocenters. The summed E-state index contributed by atoms with van der Waals surface area (Å²) in [5.41, 5.74) is 1.25. The standard InChI is InChI=1S/C25H28FNO4/c1-5-12-27-22(18-8-6-7-9-19(18)26)21(24(29)25(27)30)23(28)17-10-11-20(16(4)13-17)31-14-15(2)3/h6-11,13,15,22,28H,5,12,14H2,1-4H3/b23-21+. The van der Waals surface area contributed by atoms with Gasteiger partial charge in [0.1, 0.15) is 17.3 Å². The maximum absolute atomic E-state index is 14.6. The van der Waals surface area contributed by atoms with Crippen LogP contribution in [0.3, 0.4) is 0 Å². The molecule has 1 heterocycles. The molecule has 1 saturated heterocycles. The highest BCUT2D eigenvalue weighted by Crippen LogP contribution is 2.40. The molecule has 1 aliphatic rings. The number of hydrogen-bond acceptors (Lipinski definition) is 4. The van der Waals surface area contributed by atoms with Crippen molar-refractivity contribution >= 4 is 17.4 Å². The summed E-state index contributed by atoms with van der Waals surface area (Å²) < 4.78 is 20.4. The molecule has 0 aromatic heterocycles. The van der Waals surface area contributed by atoms with E-state index in [-0.39, 0.29) is 23.4 Å². The molecule has 1 fully saturated rings. The predicted octanol–water partition coefficient (Wildman–Crippen LogP) is 5.00. The van der Waals surface area contributed by atoms with Gasteiger partial charge >= 0.3 is 0 Å². The minimum atomic E-state index is -0.974. The van der Waals surface area contributed by atoms with Gasteiger partial charge in [0, 0.05) is 17.7 Å². The fourth-order valence-electron chi connectivity index (χ4n) is 3.74. The Bertz CT molecular complexity index is 1030. The number of Topliss-reactive ketones (excluding diaryl/α,β-unsaturated/α-hetero) is 1. The Morgan fingerprint density at radius 3 is 2.52 bits per heavy atom. The second kappa shape index (κ2) is 9.33. The van der Waals surface area contributed by atoms with Crippen LogP contribution in [-0.2, 0) is 9.59 Å². The van der Waals surface area contributed by atoms with Crippen LogP contribution in [-0.4, -0.2) is 34.8 Å². The summed E-state index contributed by atoms with van der Waals surface area (Å²) in [4.78, 5) is 26.9. The first-order chi connectivity index (χ1) is 14.8. The number of likely N-dealkylation sites (tertiary alicyclic amines) is 1. The largest absolute Gasteiger partial charge is 0.507 e. The Balaban J connectivity index is 2.10. The molecular weight excluding hydrogens is 397 g/mol. The third-order valence-electron chi connectivity index (χ3n) is 5.22. The first-order valence-corrected chi connectivity index (χ1v) is 10.5. The Morgan fingerprint density at radius 2 is 1.90 bits per heavy atom. The zero-order valence-electron chi connectivity index (χ0n) is 18.3. The molecule has 5 nitrogen and oxygen atoms in total. The topological polar surface area (TPSA) is 66.8 Å². The maximum Gasteiger partial charge on any atom is 0.295 e. The highest BCUT2D eigenvalue weighted by atomic mass is 19.1.